The molecule has 1 aliphatic carbocycles. The lowest BCUT2D eigenvalue weighted by molar-refractivity contribution is -0.112. The van der Waals surface area contributed by atoms with Crippen molar-refractivity contribution in [3.05, 3.63) is 64.0 Å². The molecule has 2 aromatic carbocycles. The first-order chi connectivity index (χ1) is 14.0. The average molecular weight is 398 g/mol. The summed E-state index contributed by atoms with van der Waals surface area (Å²) in [6.07, 6.45) is 4.13. The van der Waals surface area contributed by atoms with E-state index in [0.717, 1.165) is 36.9 Å². The van der Waals surface area contributed by atoms with Crippen molar-refractivity contribution in [3.63, 3.8) is 0 Å². The van der Waals surface area contributed by atoms with Crippen molar-refractivity contribution in [1.82, 2.24) is 5.32 Å². The van der Waals surface area contributed by atoms with Gasteiger partial charge in [-0.1, -0.05) is 25.1 Å². The Morgan fingerprint density at radius 3 is 2.72 bits per heavy atom. The number of carbonyl (C=O) groups excluding carboxylic acids is 1. The van der Waals surface area contributed by atoms with E-state index in [0.29, 0.717) is 23.9 Å². The third-order valence-corrected chi connectivity index (χ3v) is 6.48. The molecule has 1 N–H and O–H groups in total. The zero-order chi connectivity index (χ0) is 21.0. The average Bonchev–Trinajstić information content (AvgIpc) is 2.73. The smallest absolute Gasteiger partial charge is 0.129 e. The van der Waals surface area contributed by atoms with Gasteiger partial charge in [0.25, 0.3) is 0 Å². The number of hydrogen-bond acceptors (Lipinski definition) is 3. The molecule has 1 aliphatic rings. The maximum atomic E-state index is 14.0. The van der Waals surface area contributed by atoms with Gasteiger partial charge in [0.15, 0.2) is 0 Å². The highest BCUT2D eigenvalue weighted by Crippen LogP contribution is 2.46. The number of aryl methyl sites for hydroxylation is 1. The summed E-state index contributed by atoms with van der Waals surface area (Å²) in [4.78, 5) is 11.8. The van der Waals surface area contributed by atoms with Crippen molar-refractivity contribution in [2.75, 3.05) is 13.6 Å². The number of rotatable bonds is 8. The second-order valence-electron chi connectivity index (χ2n) is 8.16. The molecular weight excluding hydrogens is 365 g/mol. The Bertz CT molecular complexity index is 864. The quantitative estimate of drug-likeness (QED) is 0.629. The summed E-state index contributed by atoms with van der Waals surface area (Å²) >= 11 is 0. The number of benzene rings is 2. The van der Waals surface area contributed by atoms with Gasteiger partial charge >= 0.3 is 0 Å². The highest BCUT2D eigenvalue weighted by molar-refractivity contribution is 5.57. The molecule has 0 aromatic heterocycles. The SMILES string of the molecule is CC[C@H]1c2c(C)c(OCc3ccccc3F)cc(C)c2CCC1C(C=O)CNC. The number of halogens is 1. The van der Waals surface area contributed by atoms with Crippen LogP contribution in [0.15, 0.2) is 30.3 Å². The van der Waals surface area contributed by atoms with E-state index >= 15 is 0 Å². The summed E-state index contributed by atoms with van der Waals surface area (Å²) in [7, 11) is 1.90. The van der Waals surface area contributed by atoms with Crippen molar-refractivity contribution in [2.45, 2.75) is 52.6 Å². The van der Waals surface area contributed by atoms with Crippen LogP contribution in [-0.2, 0) is 17.8 Å². The highest BCUT2D eigenvalue weighted by Gasteiger charge is 2.36. The zero-order valence-electron chi connectivity index (χ0n) is 17.9. The van der Waals surface area contributed by atoms with E-state index in [2.05, 4.69) is 32.2 Å². The Morgan fingerprint density at radius 2 is 2.07 bits per heavy atom. The minimum absolute atomic E-state index is 0.0146. The van der Waals surface area contributed by atoms with Crippen molar-refractivity contribution >= 4 is 6.29 Å². The minimum atomic E-state index is -0.243. The van der Waals surface area contributed by atoms with E-state index in [9.17, 15) is 9.18 Å². The third kappa shape index (κ3) is 4.37. The van der Waals surface area contributed by atoms with Gasteiger partial charge < -0.3 is 14.8 Å². The first kappa shape index (κ1) is 21.5. The molecule has 3 atom stereocenters. The van der Waals surface area contributed by atoms with Crippen LogP contribution in [0, 0.1) is 31.5 Å². The first-order valence-corrected chi connectivity index (χ1v) is 10.6. The normalized spacial score (nSPS) is 19.5. The molecule has 156 valence electrons. The molecule has 29 heavy (non-hydrogen) atoms. The molecule has 0 bridgehead atoms. The van der Waals surface area contributed by atoms with Crippen molar-refractivity contribution in [1.29, 1.82) is 0 Å². The number of hydrogen-bond donors (Lipinski definition) is 1. The Balaban J connectivity index is 1.95. The van der Waals surface area contributed by atoms with Crippen LogP contribution in [0.1, 0.15) is 53.5 Å². The summed E-state index contributed by atoms with van der Waals surface area (Å²) in [6, 6.07) is 8.82. The fourth-order valence-electron chi connectivity index (χ4n) is 5.00. The molecule has 3 nitrogen and oxygen atoms in total. The largest absolute Gasteiger partial charge is 0.489 e. The van der Waals surface area contributed by atoms with E-state index in [-0.39, 0.29) is 18.3 Å². The van der Waals surface area contributed by atoms with Gasteiger partial charge in [-0.2, -0.15) is 0 Å². The van der Waals surface area contributed by atoms with E-state index in [4.69, 9.17) is 4.74 Å². The van der Waals surface area contributed by atoms with Gasteiger partial charge in [-0.3, -0.25) is 0 Å². The zero-order valence-corrected chi connectivity index (χ0v) is 17.9. The number of aldehydes is 1. The molecule has 0 amide bonds. The van der Waals surface area contributed by atoms with Crippen LogP contribution < -0.4 is 10.1 Å². The van der Waals surface area contributed by atoms with Gasteiger partial charge in [0, 0.05) is 18.0 Å². The maximum absolute atomic E-state index is 14.0. The highest BCUT2D eigenvalue weighted by atomic mass is 19.1. The van der Waals surface area contributed by atoms with Crippen LogP contribution in [0.5, 0.6) is 5.75 Å². The minimum Gasteiger partial charge on any atom is -0.489 e. The lowest BCUT2D eigenvalue weighted by Crippen LogP contribution is -2.34. The van der Waals surface area contributed by atoms with E-state index < -0.39 is 0 Å². The second-order valence-corrected chi connectivity index (χ2v) is 8.16. The molecule has 0 saturated heterocycles. The van der Waals surface area contributed by atoms with Gasteiger partial charge in [-0.05, 0) is 86.4 Å². The molecule has 2 unspecified atom stereocenters. The monoisotopic (exact) mass is 397 g/mol. The Kier molecular flexibility index (Phi) is 7.07. The molecule has 0 aliphatic heterocycles. The van der Waals surface area contributed by atoms with Crippen LogP contribution in [0.4, 0.5) is 4.39 Å². The first-order valence-electron chi connectivity index (χ1n) is 10.6. The molecule has 0 saturated carbocycles. The summed E-state index contributed by atoms with van der Waals surface area (Å²) in [5.74, 6) is 1.25. The number of fused-ring (bicyclic) bond motifs is 1. The lowest BCUT2D eigenvalue weighted by Gasteiger charge is -2.38. The predicted octanol–water partition coefficient (Wildman–Crippen LogP) is 5.11. The third-order valence-electron chi connectivity index (χ3n) is 6.48. The molecule has 0 spiro atoms. The molecule has 3 rings (SSSR count). The lowest BCUT2D eigenvalue weighted by atomic mass is 9.67. The van der Waals surface area contributed by atoms with Crippen LogP contribution >= 0.6 is 0 Å². The Labute approximate surface area is 173 Å². The van der Waals surface area contributed by atoms with Crippen molar-refractivity contribution < 1.29 is 13.9 Å². The van der Waals surface area contributed by atoms with Crippen LogP contribution in [-0.4, -0.2) is 19.9 Å². The fraction of sp³-hybridized carbons (Fsp3) is 0.480. The standard InChI is InChI=1S/C25H32FNO2/c1-5-20-22(19(14-28)13-27-4)11-10-21-16(2)12-24(17(3)25(20)21)29-15-18-8-6-7-9-23(18)26/h6-9,12,14,19-20,22,27H,5,10-11,13,15H2,1-4H3/t19?,20-,22?/m1/s1. The summed E-state index contributed by atoms with van der Waals surface area (Å²) in [6.45, 7) is 7.36. The van der Waals surface area contributed by atoms with Gasteiger partial charge in [-0.25, -0.2) is 4.39 Å². The van der Waals surface area contributed by atoms with Gasteiger partial charge in [0.2, 0.25) is 0 Å². The molecule has 0 radical (unpaired) electrons. The van der Waals surface area contributed by atoms with Crippen LogP contribution in [0.25, 0.3) is 0 Å². The van der Waals surface area contributed by atoms with E-state index in [1.807, 2.05) is 13.1 Å². The van der Waals surface area contributed by atoms with Gasteiger partial charge in [0.1, 0.15) is 24.5 Å². The molecule has 2 aromatic rings. The molecule has 0 heterocycles. The summed E-state index contributed by atoms with van der Waals surface area (Å²) < 4.78 is 20.1. The second kappa shape index (κ2) is 9.53. The molecular formula is C25H32FNO2. The van der Waals surface area contributed by atoms with Crippen LogP contribution in [0.3, 0.4) is 0 Å². The molecule has 4 heteroatoms. The van der Waals surface area contributed by atoms with Crippen molar-refractivity contribution in [3.8, 4) is 5.75 Å². The predicted molar refractivity (Wildman–Crippen MR) is 115 cm³/mol. The number of ether oxygens (including phenoxy) is 1. The maximum Gasteiger partial charge on any atom is 0.129 e. The summed E-state index contributed by atoms with van der Waals surface area (Å²) in [5.41, 5.74) is 5.66. The number of carbonyl (C=O) groups is 1. The van der Waals surface area contributed by atoms with Gasteiger partial charge in [-0.15, -0.1) is 0 Å². The Morgan fingerprint density at radius 1 is 1.31 bits per heavy atom. The van der Waals surface area contributed by atoms with Crippen LogP contribution in [0.2, 0.25) is 0 Å². The van der Waals surface area contributed by atoms with E-state index in [1.165, 1.54) is 22.8 Å². The topological polar surface area (TPSA) is 38.3 Å². The number of nitrogens with one attached hydrogen (secondary N) is 1. The molecule has 0 fully saturated rings. The summed E-state index contributed by atoms with van der Waals surface area (Å²) in [5, 5.41) is 3.17. The van der Waals surface area contributed by atoms with E-state index in [1.54, 1.807) is 12.1 Å². The Hall–Kier alpha value is -2.20. The van der Waals surface area contributed by atoms with Gasteiger partial charge in [0.05, 0.1) is 0 Å². The van der Waals surface area contributed by atoms with Crippen molar-refractivity contribution in [2.24, 2.45) is 11.8 Å². The fourth-order valence-corrected chi connectivity index (χ4v) is 5.00.